The Hall–Kier alpha value is -1.44. The number of hydrogen-bond acceptors (Lipinski definition) is 0. The van der Waals surface area contributed by atoms with E-state index in [0.29, 0.717) is 5.56 Å². The minimum atomic E-state index is -0.510. The minimum Gasteiger partial charge on any atom is -0.207 e. The molecule has 0 bridgehead atoms. The zero-order chi connectivity index (χ0) is 12.3. The smallest absolute Gasteiger partial charge is 0.126 e. The molecule has 17 heavy (non-hydrogen) atoms. The molecule has 0 N–H and O–H groups in total. The lowest BCUT2D eigenvalue weighted by molar-refractivity contribution is 0.582. The van der Waals surface area contributed by atoms with Crippen LogP contribution in [-0.2, 0) is 0 Å². The molecule has 0 amide bonds. The molecule has 0 saturated carbocycles. The first-order valence-corrected chi connectivity index (χ1v) is 6.04. The van der Waals surface area contributed by atoms with Gasteiger partial charge in [-0.2, -0.15) is 0 Å². The standard InChI is InChI=1S/C15H16F2/c1-2-3-11-4-6-12(7-5-11)13-8-14(16)10-15(17)9-13/h4,6,8-10H,2-3,5,7H2,1H3. The van der Waals surface area contributed by atoms with Crippen LogP contribution in [0.15, 0.2) is 35.9 Å². The maximum atomic E-state index is 13.1. The Balaban J connectivity index is 2.24. The van der Waals surface area contributed by atoms with Gasteiger partial charge in [-0.1, -0.05) is 31.1 Å². The van der Waals surface area contributed by atoms with Gasteiger partial charge in [0.2, 0.25) is 0 Å². The van der Waals surface area contributed by atoms with Gasteiger partial charge in [0, 0.05) is 6.07 Å². The molecule has 1 aromatic rings. The molecular formula is C15H16F2. The molecular weight excluding hydrogens is 218 g/mol. The predicted octanol–water partition coefficient (Wildman–Crippen LogP) is 4.87. The topological polar surface area (TPSA) is 0 Å². The fourth-order valence-corrected chi connectivity index (χ4v) is 2.19. The summed E-state index contributed by atoms with van der Waals surface area (Å²) < 4.78 is 26.2. The summed E-state index contributed by atoms with van der Waals surface area (Å²) >= 11 is 0. The molecule has 0 aromatic heterocycles. The second-order valence-corrected chi connectivity index (χ2v) is 4.42. The molecule has 0 aliphatic heterocycles. The lowest BCUT2D eigenvalue weighted by Crippen LogP contribution is -1.95. The van der Waals surface area contributed by atoms with Crippen molar-refractivity contribution in [3.05, 3.63) is 53.1 Å². The van der Waals surface area contributed by atoms with Gasteiger partial charge in [-0.25, -0.2) is 8.78 Å². The second kappa shape index (κ2) is 5.26. The summed E-state index contributed by atoms with van der Waals surface area (Å²) in [5.41, 5.74) is 3.10. The largest absolute Gasteiger partial charge is 0.207 e. The third-order valence-corrected chi connectivity index (χ3v) is 3.04. The number of halogens is 2. The average molecular weight is 234 g/mol. The maximum Gasteiger partial charge on any atom is 0.126 e. The Morgan fingerprint density at radius 1 is 1.00 bits per heavy atom. The molecule has 2 rings (SSSR count). The van der Waals surface area contributed by atoms with E-state index in [-0.39, 0.29) is 0 Å². The second-order valence-electron chi connectivity index (χ2n) is 4.42. The molecule has 0 spiro atoms. The van der Waals surface area contributed by atoms with E-state index >= 15 is 0 Å². The Labute approximate surface area is 101 Å². The van der Waals surface area contributed by atoms with Crippen LogP contribution in [0, 0.1) is 11.6 Å². The van der Waals surface area contributed by atoms with E-state index in [1.807, 2.05) is 6.08 Å². The van der Waals surface area contributed by atoms with Crippen LogP contribution >= 0.6 is 0 Å². The molecule has 0 unspecified atom stereocenters. The monoisotopic (exact) mass is 234 g/mol. The first kappa shape index (κ1) is 12.0. The highest BCUT2D eigenvalue weighted by atomic mass is 19.1. The van der Waals surface area contributed by atoms with Gasteiger partial charge in [0.1, 0.15) is 11.6 Å². The molecule has 0 atom stereocenters. The van der Waals surface area contributed by atoms with Crippen LogP contribution in [0.2, 0.25) is 0 Å². The van der Waals surface area contributed by atoms with Crippen molar-refractivity contribution >= 4 is 5.57 Å². The van der Waals surface area contributed by atoms with E-state index in [0.717, 1.165) is 37.3 Å². The quantitative estimate of drug-likeness (QED) is 0.700. The fourth-order valence-electron chi connectivity index (χ4n) is 2.19. The molecule has 1 aliphatic carbocycles. The van der Waals surface area contributed by atoms with Crippen molar-refractivity contribution in [3.8, 4) is 0 Å². The SMILES string of the molecule is CCCC1=CC=C(c2cc(F)cc(F)c2)CC1. The minimum absolute atomic E-state index is 0.510. The third kappa shape index (κ3) is 3.02. The molecule has 0 fully saturated rings. The molecule has 0 radical (unpaired) electrons. The Morgan fingerprint density at radius 2 is 1.71 bits per heavy atom. The van der Waals surface area contributed by atoms with E-state index in [2.05, 4.69) is 13.0 Å². The van der Waals surface area contributed by atoms with Gasteiger partial charge in [-0.05, 0) is 42.5 Å². The van der Waals surface area contributed by atoms with Gasteiger partial charge in [-0.3, -0.25) is 0 Å². The predicted molar refractivity (Wildman–Crippen MR) is 66.6 cm³/mol. The van der Waals surface area contributed by atoms with Crippen LogP contribution in [-0.4, -0.2) is 0 Å². The van der Waals surface area contributed by atoms with Gasteiger partial charge in [-0.15, -0.1) is 0 Å². The van der Waals surface area contributed by atoms with Gasteiger partial charge in [0.25, 0.3) is 0 Å². The van der Waals surface area contributed by atoms with Crippen LogP contribution in [0.3, 0.4) is 0 Å². The van der Waals surface area contributed by atoms with E-state index in [1.165, 1.54) is 17.7 Å². The molecule has 1 aliphatic rings. The van der Waals surface area contributed by atoms with Gasteiger partial charge in [0.15, 0.2) is 0 Å². The zero-order valence-electron chi connectivity index (χ0n) is 9.97. The van der Waals surface area contributed by atoms with Crippen LogP contribution in [0.1, 0.15) is 38.2 Å². The highest BCUT2D eigenvalue weighted by molar-refractivity contribution is 5.68. The van der Waals surface area contributed by atoms with E-state index < -0.39 is 11.6 Å². The summed E-state index contributed by atoms with van der Waals surface area (Å²) in [4.78, 5) is 0. The summed E-state index contributed by atoms with van der Waals surface area (Å²) in [7, 11) is 0. The van der Waals surface area contributed by atoms with Gasteiger partial charge >= 0.3 is 0 Å². The van der Waals surface area contributed by atoms with Crippen LogP contribution in [0.25, 0.3) is 5.57 Å². The van der Waals surface area contributed by atoms with E-state index in [1.54, 1.807) is 0 Å². The molecule has 90 valence electrons. The number of benzene rings is 1. The van der Waals surface area contributed by atoms with E-state index in [9.17, 15) is 8.78 Å². The van der Waals surface area contributed by atoms with Gasteiger partial charge in [0.05, 0.1) is 0 Å². The first-order chi connectivity index (χ1) is 8.19. The van der Waals surface area contributed by atoms with Crippen molar-refractivity contribution in [1.82, 2.24) is 0 Å². The lowest BCUT2D eigenvalue weighted by Gasteiger charge is -2.14. The number of rotatable bonds is 3. The van der Waals surface area contributed by atoms with Crippen molar-refractivity contribution < 1.29 is 8.78 Å². The van der Waals surface area contributed by atoms with Crippen LogP contribution in [0.4, 0.5) is 8.78 Å². The molecule has 0 nitrogen and oxygen atoms in total. The van der Waals surface area contributed by atoms with Crippen molar-refractivity contribution in [3.63, 3.8) is 0 Å². The molecule has 1 aromatic carbocycles. The zero-order valence-corrected chi connectivity index (χ0v) is 9.97. The lowest BCUT2D eigenvalue weighted by atomic mass is 9.91. The van der Waals surface area contributed by atoms with Crippen molar-refractivity contribution in [2.45, 2.75) is 32.6 Å². The molecule has 2 heteroatoms. The van der Waals surface area contributed by atoms with Crippen molar-refractivity contribution in [2.75, 3.05) is 0 Å². The fraction of sp³-hybridized carbons (Fsp3) is 0.333. The number of allylic oxidation sites excluding steroid dienone is 4. The Bertz CT molecular complexity index is 450. The maximum absolute atomic E-state index is 13.1. The Morgan fingerprint density at radius 3 is 2.24 bits per heavy atom. The third-order valence-electron chi connectivity index (χ3n) is 3.04. The summed E-state index contributed by atoms with van der Waals surface area (Å²) in [6, 6.07) is 3.70. The normalized spacial score (nSPS) is 15.5. The number of hydrogen-bond donors (Lipinski definition) is 0. The van der Waals surface area contributed by atoms with Crippen molar-refractivity contribution in [1.29, 1.82) is 0 Å². The average Bonchev–Trinajstić information content (AvgIpc) is 2.29. The first-order valence-electron chi connectivity index (χ1n) is 6.04. The van der Waals surface area contributed by atoms with E-state index in [4.69, 9.17) is 0 Å². The van der Waals surface area contributed by atoms with Crippen LogP contribution < -0.4 is 0 Å². The summed E-state index contributed by atoms with van der Waals surface area (Å²) in [6.07, 6.45) is 8.20. The molecule has 0 saturated heterocycles. The molecule has 0 heterocycles. The summed E-state index contributed by atoms with van der Waals surface area (Å²) in [5.74, 6) is -1.02. The highest BCUT2D eigenvalue weighted by Crippen LogP contribution is 2.29. The Kier molecular flexibility index (Phi) is 3.72. The van der Waals surface area contributed by atoms with Crippen molar-refractivity contribution in [2.24, 2.45) is 0 Å². The summed E-state index contributed by atoms with van der Waals surface area (Å²) in [5, 5.41) is 0. The van der Waals surface area contributed by atoms with Crippen LogP contribution in [0.5, 0.6) is 0 Å². The summed E-state index contributed by atoms with van der Waals surface area (Å²) in [6.45, 7) is 2.15. The highest BCUT2D eigenvalue weighted by Gasteiger charge is 2.10. The van der Waals surface area contributed by atoms with Gasteiger partial charge < -0.3 is 0 Å².